The van der Waals surface area contributed by atoms with Crippen molar-refractivity contribution in [3.8, 4) is 9.88 Å². The first-order chi connectivity index (χ1) is 17.8. The van der Waals surface area contributed by atoms with Gasteiger partial charge in [0.2, 0.25) is 11.7 Å². The van der Waals surface area contributed by atoms with Crippen molar-refractivity contribution < 1.29 is 14.4 Å². The Morgan fingerprint density at radius 3 is 2.30 bits per heavy atom. The third kappa shape index (κ3) is 6.69. The van der Waals surface area contributed by atoms with E-state index in [0.717, 1.165) is 26.7 Å². The Bertz CT molecular complexity index is 1350. The summed E-state index contributed by atoms with van der Waals surface area (Å²) < 4.78 is 0. The molecule has 0 aliphatic carbocycles. The summed E-state index contributed by atoms with van der Waals surface area (Å²) in [7, 11) is 1.71. The van der Waals surface area contributed by atoms with E-state index in [-0.39, 0.29) is 12.3 Å². The number of hydrogen-bond acceptors (Lipinski definition) is 7. The molecule has 0 fully saturated rings. The van der Waals surface area contributed by atoms with E-state index in [1.165, 1.54) is 18.3 Å². The van der Waals surface area contributed by atoms with Crippen molar-refractivity contribution in [2.45, 2.75) is 31.8 Å². The van der Waals surface area contributed by atoms with Crippen molar-refractivity contribution in [2.75, 3.05) is 12.8 Å². The maximum absolute atomic E-state index is 13.9. The Morgan fingerprint density at radius 1 is 0.946 bits per heavy atom. The molecule has 4 rings (SSSR count). The number of benzene rings is 2. The number of nitrogens with one attached hydrogen (secondary N) is 1. The number of carbonyl (C=O) groups excluding carboxylic acids is 3. The third-order valence-electron chi connectivity index (χ3n) is 6.03. The fraction of sp³-hybridized carbons (Fsp3) is 0.214. The predicted octanol–water partition coefficient (Wildman–Crippen LogP) is 4.51. The fourth-order valence-corrected chi connectivity index (χ4v) is 5.66. The van der Waals surface area contributed by atoms with Crippen LogP contribution in [0.3, 0.4) is 0 Å². The van der Waals surface area contributed by atoms with Crippen LogP contribution in [0, 0.1) is 0 Å². The van der Waals surface area contributed by atoms with E-state index < -0.39 is 23.8 Å². The van der Waals surface area contributed by atoms with Gasteiger partial charge in [-0.3, -0.25) is 14.4 Å². The van der Waals surface area contributed by atoms with Crippen molar-refractivity contribution in [2.24, 2.45) is 0 Å². The zero-order valence-corrected chi connectivity index (χ0v) is 22.2. The first-order valence-corrected chi connectivity index (χ1v) is 13.5. The monoisotopic (exact) mass is 532 g/mol. The SMILES string of the molecule is CC(=O)C(=O)N[C@@H](Cc1ccccc1)C(=O)N(C)C(Cc1ccc(N)cc1)c1csc(-c2cccs2)n1. The molecule has 190 valence electrons. The van der Waals surface area contributed by atoms with Crippen molar-refractivity contribution in [1.29, 1.82) is 0 Å². The lowest BCUT2D eigenvalue weighted by atomic mass is 9.99. The average molecular weight is 533 g/mol. The number of aromatic nitrogens is 1. The molecule has 4 aromatic rings. The van der Waals surface area contributed by atoms with Crippen LogP contribution in [-0.4, -0.2) is 40.6 Å². The van der Waals surface area contributed by atoms with Crippen LogP contribution >= 0.6 is 22.7 Å². The first kappa shape index (κ1) is 26.2. The highest BCUT2D eigenvalue weighted by Gasteiger charge is 2.31. The Kier molecular flexibility index (Phi) is 8.47. The Morgan fingerprint density at radius 2 is 1.65 bits per heavy atom. The van der Waals surface area contributed by atoms with Gasteiger partial charge in [-0.1, -0.05) is 48.5 Å². The number of rotatable bonds is 10. The lowest BCUT2D eigenvalue weighted by Crippen LogP contribution is -2.51. The molecule has 2 aromatic carbocycles. The van der Waals surface area contributed by atoms with Crippen molar-refractivity contribution in [3.05, 3.63) is 94.3 Å². The summed E-state index contributed by atoms with van der Waals surface area (Å²) in [5, 5.41) is 7.50. The number of thiophene rings is 1. The van der Waals surface area contributed by atoms with Crippen LogP contribution in [0.1, 0.15) is 29.8 Å². The van der Waals surface area contributed by atoms with Gasteiger partial charge in [0, 0.05) is 31.5 Å². The molecule has 0 spiro atoms. The highest BCUT2D eigenvalue weighted by molar-refractivity contribution is 7.20. The first-order valence-electron chi connectivity index (χ1n) is 11.8. The number of nitrogens with zero attached hydrogens (tertiary/aromatic N) is 2. The van der Waals surface area contributed by atoms with Crippen LogP contribution in [0.5, 0.6) is 0 Å². The molecule has 37 heavy (non-hydrogen) atoms. The summed E-state index contributed by atoms with van der Waals surface area (Å²) in [6.45, 7) is 1.19. The van der Waals surface area contributed by atoms with Crippen molar-refractivity contribution in [3.63, 3.8) is 0 Å². The summed E-state index contributed by atoms with van der Waals surface area (Å²) in [6, 6.07) is 19.6. The minimum absolute atomic E-state index is 0.259. The Balaban J connectivity index is 1.66. The molecule has 0 saturated heterocycles. The van der Waals surface area contributed by atoms with E-state index in [1.807, 2.05) is 77.5 Å². The summed E-state index contributed by atoms with van der Waals surface area (Å²) in [5.41, 5.74) is 9.17. The lowest BCUT2D eigenvalue weighted by molar-refractivity contribution is -0.141. The average Bonchev–Trinajstić information content (AvgIpc) is 3.60. The molecule has 2 heterocycles. The highest BCUT2D eigenvalue weighted by atomic mass is 32.1. The topological polar surface area (TPSA) is 105 Å². The van der Waals surface area contributed by atoms with E-state index in [0.29, 0.717) is 12.1 Å². The number of Topliss-reactive ketones (excluding diaryl/α,β-unsaturated/α-hetero) is 1. The van der Waals surface area contributed by atoms with Gasteiger partial charge in [0.1, 0.15) is 11.0 Å². The van der Waals surface area contributed by atoms with Crippen LogP contribution in [-0.2, 0) is 27.2 Å². The molecule has 7 nitrogen and oxygen atoms in total. The Hall–Kier alpha value is -3.82. The number of hydrogen-bond donors (Lipinski definition) is 2. The van der Waals surface area contributed by atoms with Crippen LogP contribution in [0.4, 0.5) is 5.69 Å². The molecule has 0 aliphatic heterocycles. The molecule has 0 bridgehead atoms. The number of likely N-dealkylation sites (N-methyl/N-ethyl adjacent to an activating group) is 1. The van der Waals surface area contributed by atoms with Gasteiger partial charge in [-0.15, -0.1) is 22.7 Å². The number of nitrogens with two attached hydrogens (primary N) is 1. The van der Waals surface area contributed by atoms with E-state index in [2.05, 4.69) is 5.32 Å². The van der Waals surface area contributed by atoms with Gasteiger partial charge in [0.25, 0.3) is 5.91 Å². The lowest BCUT2D eigenvalue weighted by Gasteiger charge is -2.31. The van der Waals surface area contributed by atoms with Gasteiger partial charge < -0.3 is 16.0 Å². The largest absolute Gasteiger partial charge is 0.399 e. The smallest absolute Gasteiger partial charge is 0.287 e. The summed E-state index contributed by atoms with van der Waals surface area (Å²) in [4.78, 5) is 45.4. The molecule has 0 saturated carbocycles. The van der Waals surface area contributed by atoms with Gasteiger partial charge in [-0.25, -0.2) is 4.98 Å². The second-order valence-electron chi connectivity index (χ2n) is 8.74. The van der Waals surface area contributed by atoms with Crippen LogP contribution < -0.4 is 11.1 Å². The van der Waals surface area contributed by atoms with E-state index >= 15 is 0 Å². The molecule has 2 amide bonds. The Labute approximate surface area is 224 Å². The molecule has 1 unspecified atom stereocenters. The molecule has 0 aliphatic rings. The van der Waals surface area contributed by atoms with Crippen LogP contribution in [0.15, 0.2) is 77.5 Å². The minimum Gasteiger partial charge on any atom is -0.399 e. The summed E-state index contributed by atoms with van der Waals surface area (Å²) >= 11 is 3.14. The number of amides is 2. The normalized spacial score (nSPS) is 12.5. The fourth-order valence-electron chi connectivity index (χ4n) is 3.98. The van der Waals surface area contributed by atoms with Crippen LogP contribution in [0.2, 0.25) is 0 Å². The number of ketones is 1. The molecular weight excluding hydrogens is 504 g/mol. The van der Waals surface area contributed by atoms with Gasteiger partial charge in [0.05, 0.1) is 16.6 Å². The van der Waals surface area contributed by atoms with Crippen LogP contribution in [0.25, 0.3) is 9.88 Å². The minimum atomic E-state index is -0.909. The van der Waals surface area contributed by atoms with E-state index in [9.17, 15) is 14.4 Å². The molecule has 2 atom stereocenters. The molecule has 0 radical (unpaired) electrons. The number of thiazole rings is 1. The summed E-state index contributed by atoms with van der Waals surface area (Å²) in [6.07, 6.45) is 0.768. The second-order valence-corrected chi connectivity index (χ2v) is 10.5. The van der Waals surface area contributed by atoms with E-state index in [1.54, 1.807) is 23.3 Å². The van der Waals surface area contributed by atoms with Gasteiger partial charge in [-0.2, -0.15) is 0 Å². The van der Waals surface area contributed by atoms with Crippen molar-refractivity contribution >= 4 is 46.0 Å². The molecule has 9 heteroatoms. The maximum atomic E-state index is 13.9. The summed E-state index contributed by atoms with van der Waals surface area (Å²) in [5.74, 6) is -1.73. The number of nitrogen functional groups attached to an aromatic ring is 1. The zero-order valence-electron chi connectivity index (χ0n) is 20.6. The molecular formula is C28H28N4O3S2. The predicted molar refractivity (Wildman–Crippen MR) is 148 cm³/mol. The maximum Gasteiger partial charge on any atom is 0.287 e. The highest BCUT2D eigenvalue weighted by Crippen LogP contribution is 2.33. The quantitative estimate of drug-likeness (QED) is 0.231. The molecule has 3 N–H and O–H groups in total. The van der Waals surface area contributed by atoms with Gasteiger partial charge in [0.15, 0.2) is 0 Å². The molecule has 2 aromatic heterocycles. The second kappa shape index (κ2) is 11.9. The van der Waals surface area contributed by atoms with Gasteiger partial charge in [-0.05, 0) is 41.1 Å². The van der Waals surface area contributed by atoms with Gasteiger partial charge >= 0.3 is 0 Å². The number of carbonyl (C=O) groups is 3. The third-order valence-corrected chi connectivity index (χ3v) is 7.92. The standard InChI is InChI=1S/C28H28N4O3S2/c1-18(33)26(34)30-22(15-19-7-4-3-5-8-19)28(35)32(2)24(16-20-10-12-21(29)13-11-20)23-17-37-27(31-23)25-9-6-14-36-25/h3-14,17,22,24H,15-16,29H2,1-2H3,(H,30,34)/t22-,24?/m0/s1. The zero-order chi connectivity index (χ0) is 26.4. The number of anilines is 1. The van der Waals surface area contributed by atoms with E-state index in [4.69, 9.17) is 10.7 Å². The van der Waals surface area contributed by atoms with Crippen molar-refractivity contribution in [1.82, 2.24) is 15.2 Å².